The van der Waals surface area contributed by atoms with Crippen molar-refractivity contribution in [3.05, 3.63) is 12.3 Å². The monoisotopic (exact) mass is 400 g/mol. The molecule has 0 spiro atoms. The van der Waals surface area contributed by atoms with Crippen LogP contribution in [0.5, 0.6) is 0 Å². The number of thiazole rings is 1. The number of aromatic nitrogens is 2. The molecule has 0 aromatic carbocycles. The van der Waals surface area contributed by atoms with Crippen molar-refractivity contribution in [3.63, 3.8) is 0 Å². The molecular formula is C20H28N6OS. The molecule has 2 aromatic heterocycles. The van der Waals surface area contributed by atoms with Crippen molar-refractivity contribution < 1.29 is 4.79 Å². The number of nitrogens with zero attached hydrogens (tertiary/aromatic N) is 6. The number of rotatable bonds is 3. The van der Waals surface area contributed by atoms with E-state index in [2.05, 4.69) is 14.8 Å². The van der Waals surface area contributed by atoms with Crippen LogP contribution in [-0.2, 0) is 0 Å². The van der Waals surface area contributed by atoms with Crippen LogP contribution in [0.2, 0.25) is 0 Å². The van der Waals surface area contributed by atoms with Gasteiger partial charge in [0.25, 0.3) is 0 Å². The Bertz CT molecular complexity index is 855. The lowest BCUT2D eigenvalue weighted by Crippen LogP contribution is -2.46. The molecule has 5 heterocycles. The van der Waals surface area contributed by atoms with Crippen molar-refractivity contribution in [1.82, 2.24) is 19.8 Å². The Hall–Kier alpha value is -1.93. The lowest BCUT2D eigenvalue weighted by molar-refractivity contribution is 0.141. The first-order chi connectivity index (χ1) is 13.7. The number of hydrogen-bond donors (Lipinski definition) is 0. The zero-order valence-electron chi connectivity index (χ0n) is 16.5. The Morgan fingerprint density at radius 1 is 1.04 bits per heavy atom. The van der Waals surface area contributed by atoms with Gasteiger partial charge in [0, 0.05) is 45.3 Å². The number of piperidine rings is 2. The number of likely N-dealkylation sites (tertiary alicyclic amines) is 1. The summed E-state index contributed by atoms with van der Waals surface area (Å²) >= 11 is 1.73. The Morgan fingerprint density at radius 3 is 2.54 bits per heavy atom. The molecule has 0 N–H and O–H groups in total. The zero-order valence-corrected chi connectivity index (χ0v) is 17.3. The van der Waals surface area contributed by atoms with E-state index in [9.17, 15) is 4.79 Å². The largest absolute Gasteiger partial charge is 0.348 e. The van der Waals surface area contributed by atoms with Crippen molar-refractivity contribution in [2.24, 2.45) is 0 Å². The van der Waals surface area contributed by atoms with Gasteiger partial charge in [0.15, 0.2) is 5.13 Å². The molecule has 7 nitrogen and oxygen atoms in total. The van der Waals surface area contributed by atoms with Gasteiger partial charge in [-0.15, -0.1) is 0 Å². The fraction of sp³-hybridized carbons (Fsp3) is 0.650. The highest BCUT2D eigenvalue weighted by Gasteiger charge is 2.29. The molecule has 0 unspecified atom stereocenters. The fourth-order valence-corrected chi connectivity index (χ4v) is 5.68. The highest BCUT2D eigenvalue weighted by Crippen LogP contribution is 2.33. The van der Waals surface area contributed by atoms with Gasteiger partial charge in [-0.2, -0.15) is 0 Å². The van der Waals surface area contributed by atoms with E-state index in [1.165, 1.54) is 45.2 Å². The van der Waals surface area contributed by atoms with Crippen LogP contribution in [0.15, 0.2) is 12.3 Å². The maximum Gasteiger partial charge on any atom is 0.325 e. The van der Waals surface area contributed by atoms with Gasteiger partial charge in [0.1, 0.15) is 11.3 Å². The Labute approximate surface area is 169 Å². The molecule has 0 saturated carbocycles. The molecule has 3 aliphatic heterocycles. The number of likely N-dealkylation sites (N-methyl/N-ethyl adjacent to an activating group) is 1. The van der Waals surface area contributed by atoms with Gasteiger partial charge in [-0.1, -0.05) is 17.8 Å². The first kappa shape index (κ1) is 18.1. The smallest absolute Gasteiger partial charge is 0.325 e. The molecule has 0 bridgehead atoms. The third-order valence-corrected chi connectivity index (χ3v) is 7.46. The minimum atomic E-state index is 0.0244. The summed E-state index contributed by atoms with van der Waals surface area (Å²) in [7, 11) is 1.83. The zero-order chi connectivity index (χ0) is 19.1. The van der Waals surface area contributed by atoms with Crippen molar-refractivity contribution in [1.29, 1.82) is 0 Å². The van der Waals surface area contributed by atoms with Gasteiger partial charge >= 0.3 is 6.03 Å². The predicted octanol–water partition coefficient (Wildman–Crippen LogP) is 3.02. The standard InChI is InChI=1S/C20H28N6OS/c1-23-11-12-26(20(23)27)18-13-17-16(14-21-18)22-19(28-17)25-9-5-15(6-10-25)24-7-3-2-4-8-24/h13-15H,2-12H2,1H3. The predicted molar refractivity (Wildman–Crippen MR) is 113 cm³/mol. The third kappa shape index (κ3) is 3.33. The maximum atomic E-state index is 12.2. The van der Waals surface area contributed by atoms with E-state index < -0.39 is 0 Å². The van der Waals surface area contributed by atoms with E-state index >= 15 is 0 Å². The number of anilines is 2. The normalized spacial score (nSPS) is 22.6. The molecule has 2 aromatic rings. The van der Waals surface area contributed by atoms with Crippen LogP contribution < -0.4 is 9.80 Å². The molecule has 5 rings (SSSR count). The molecule has 0 atom stereocenters. The van der Waals surface area contributed by atoms with Crippen molar-refractivity contribution in [2.75, 3.05) is 56.1 Å². The topological polar surface area (TPSA) is 55.8 Å². The highest BCUT2D eigenvalue weighted by molar-refractivity contribution is 7.22. The van der Waals surface area contributed by atoms with Gasteiger partial charge in [0.2, 0.25) is 0 Å². The van der Waals surface area contributed by atoms with Crippen LogP contribution in [0, 0.1) is 0 Å². The van der Waals surface area contributed by atoms with E-state index in [4.69, 9.17) is 4.98 Å². The second kappa shape index (κ2) is 7.48. The van der Waals surface area contributed by atoms with Crippen LogP contribution >= 0.6 is 11.3 Å². The van der Waals surface area contributed by atoms with E-state index in [-0.39, 0.29) is 6.03 Å². The first-order valence-corrected chi connectivity index (χ1v) is 11.3. The summed E-state index contributed by atoms with van der Waals surface area (Å²) in [6.45, 7) is 6.17. The molecular weight excluding hydrogens is 372 g/mol. The summed E-state index contributed by atoms with van der Waals surface area (Å²) in [6, 6.07) is 2.79. The molecule has 150 valence electrons. The molecule has 0 aliphatic carbocycles. The lowest BCUT2D eigenvalue weighted by Gasteiger charge is -2.40. The number of hydrogen-bond acceptors (Lipinski definition) is 6. The van der Waals surface area contributed by atoms with Crippen molar-refractivity contribution in [2.45, 2.75) is 38.1 Å². The molecule has 3 saturated heterocycles. The van der Waals surface area contributed by atoms with Crippen LogP contribution in [0.3, 0.4) is 0 Å². The molecule has 0 radical (unpaired) electrons. The molecule has 8 heteroatoms. The van der Waals surface area contributed by atoms with Crippen molar-refractivity contribution in [3.8, 4) is 0 Å². The number of carbonyl (C=O) groups excluding carboxylic acids is 1. The van der Waals surface area contributed by atoms with Gasteiger partial charge in [-0.05, 0) is 38.8 Å². The summed E-state index contributed by atoms with van der Waals surface area (Å²) in [4.78, 5) is 30.2. The van der Waals surface area contributed by atoms with Crippen LogP contribution in [0.1, 0.15) is 32.1 Å². The van der Waals surface area contributed by atoms with Crippen LogP contribution in [-0.4, -0.2) is 78.2 Å². The van der Waals surface area contributed by atoms with Crippen molar-refractivity contribution >= 4 is 38.5 Å². The minimum absolute atomic E-state index is 0.0244. The van der Waals surface area contributed by atoms with E-state index in [0.29, 0.717) is 6.54 Å². The van der Waals surface area contributed by atoms with E-state index in [0.717, 1.165) is 46.8 Å². The molecule has 28 heavy (non-hydrogen) atoms. The van der Waals surface area contributed by atoms with Gasteiger partial charge in [-0.25, -0.2) is 14.8 Å². The minimum Gasteiger partial charge on any atom is -0.348 e. The number of amides is 2. The fourth-order valence-electron chi connectivity index (χ4n) is 4.66. The van der Waals surface area contributed by atoms with Crippen LogP contribution in [0.4, 0.5) is 15.7 Å². The molecule has 3 aliphatic rings. The van der Waals surface area contributed by atoms with Gasteiger partial charge in [-0.3, -0.25) is 4.90 Å². The summed E-state index contributed by atoms with van der Waals surface area (Å²) in [6.07, 6.45) is 8.40. The quantitative estimate of drug-likeness (QED) is 0.793. The van der Waals surface area contributed by atoms with Gasteiger partial charge in [0.05, 0.1) is 10.9 Å². The molecule has 2 amide bonds. The number of fused-ring (bicyclic) bond motifs is 1. The average Bonchev–Trinajstić information content (AvgIpc) is 3.32. The second-order valence-electron chi connectivity index (χ2n) is 8.18. The first-order valence-electron chi connectivity index (χ1n) is 10.5. The number of pyridine rings is 1. The van der Waals surface area contributed by atoms with Gasteiger partial charge < -0.3 is 14.7 Å². The number of carbonyl (C=O) groups is 1. The maximum absolute atomic E-state index is 12.2. The van der Waals surface area contributed by atoms with E-state index in [1.54, 1.807) is 21.1 Å². The SMILES string of the molecule is CN1CCN(c2cc3sc(N4CCC(N5CCCCC5)CC4)nc3cn2)C1=O. The molecule has 3 fully saturated rings. The average molecular weight is 401 g/mol. The Balaban J connectivity index is 1.28. The summed E-state index contributed by atoms with van der Waals surface area (Å²) in [5.41, 5.74) is 0.932. The van der Waals surface area contributed by atoms with Crippen LogP contribution in [0.25, 0.3) is 10.2 Å². The number of urea groups is 1. The Kier molecular flexibility index (Phi) is 4.84. The summed E-state index contributed by atoms with van der Waals surface area (Å²) in [5, 5.41) is 1.09. The summed E-state index contributed by atoms with van der Waals surface area (Å²) in [5.74, 6) is 0.737. The van der Waals surface area contributed by atoms with E-state index in [1.807, 2.05) is 19.3 Å². The lowest BCUT2D eigenvalue weighted by atomic mass is 10.0. The second-order valence-corrected chi connectivity index (χ2v) is 9.19. The summed E-state index contributed by atoms with van der Waals surface area (Å²) < 4.78 is 1.11. The highest BCUT2D eigenvalue weighted by atomic mass is 32.1. The third-order valence-electron chi connectivity index (χ3n) is 6.38. The Morgan fingerprint density at radius 2 is 1.82 bits per heavy atom.